The van der Waals surface area contributed by atoms with E-state index in [4.69, 9.17) is 11.6 Å². The van der Waals surface area contributed by atoms with E-state index in [-0.39, 0.29) is 46.0 Å². The molecule has 1 fully saturated rings. The number of sulfonamides is 1. The lowest BCUT2D eigenvalue weighted by Crippen LogP contribution is -2.38. The molecule has 10 nitrogen and oxygen atoms in total. The summed E-state index contributed by atoms with van der Waals surface area (Å²) in [6.07, 6.45) is 3.75. The van der Waals surface area contributed by atoms with Crippen LogP contribution in [0.5, 0.6) is 0 Å². The predicted molar refractivity (Wildman–Crippen MR) is 152 cm³/mol. The summed E-state index contributed by atoms with van der Waals surface area (Å²) < 4.78 is 42.4. The van der Waals surface area contributed by atoms with Gasteiger partial charge in [-0.25, -0.2) is 22.5 Å². The molecule has 41 heavy (non-hydrogen) atoms. The van der Waals surface area contributed by atoms with Gasteiger partial charge in [0.05, 0.1) is 16.9 Å². The summed E-state index contributed by atoms with van der Waals surface area (Å²) in [6, 6.07) is 11.8. The lowest BCUT2D eigenvalue weighted by molar-refractivity contribution is -0.119. The molecule has 0 saturated carbocycles. The first-order chi connectivity index (χ1) is 19.6. The second-order valence-corrected chi connectivity index (χ2v) is 11.9. The van der Waals surface area contributed by atoms with Crippen molar-refractivity contribution >= 4 is 50.6 Å². The highest BCUT2D eigenvalue weighted by Crippen LogP contribution is 2.32. The van der Waals surface area contributed by atoms with Crippen LogP contribution in [-0.2, 0) is 14.8 Å². The van der Waals surface area contributed by atoms with Crippen molar-refractivity contribution in [3.63, 3.8) is 0 Å². The summed E-state index contributed by atoms with van der Waals surface area (Å²) in [5.74, 6) is -0.914. The van der Waals surface area contributed by atoms with Gasteiger partial charge in [-0.2, -0.15) is 9.61 Å². The van der Waals surface area contributed by atoms with Gasteiger partial charge < -0.3 is 10.2 Å². The van der Waals surface area contributed by atoms with Crippen molar-refractivity contribution in [3.05, 3.63) is 82.4 Å². The number of carbonyl (C=O) groups is 2. The van der Waals surface area contributed by atoms with E-state index in [2.05, 4.69) is 15.4 Å². The van der Waals surface area contributed by atoms with E-state index in [1.807, 2.05) is 17.7 Å². The third-order valence-electron chi connectivity index (χ3n) is 7.08. The highest BCUT2D eigenvalue weighted by molar-refractivity contribution is 7.90. The summed E-state index contributed by atoms with van der Waals surface area (Å²) in [7, 11) is -4.27. The van der Waals surface area contributed by atoms with Gasteiger partial charge in [0.15, 0.2) is 10.5 Å². The topological polar surface area (TPSA) is 126 Å². The maximum Gasteiger partial charge on any atom is 0.269 e. The Bertz CT molecular complexity index is 1730. The first kappa shape index (κ1) is 28.5. The Hall–Kier alpha value is -4.03. The Morgan fingerprint density at radius 3 is 2.46 bits per heavy atom. The van der Waals surface area contributed by atoms with Crippen LogP contribution >= 0.6 is 11.6 Å². The smallest absolute Gasteiger partial charge is 0.269 e. The average Bonchev–Trinajstić information content (AvgIpc) is 3.40. The third-order valence-corrected chi connectivity index (χ3v) is 8.76. The summed E-state index contributed by atoms with van der Waals surface area (Å²) in [5, 5.41) is 7.77. The second kappa shape index (κ2) is 11.5. The van der Waals surface area contributed by atoms with E-state index in [1.54, 1.807) is 29.2 Å². The fourth-order valence-electron chi connectivity index (χ4n) is 4.82. The summed E-state index contributed by atoms with van der Waals surface area (Å²) in [5.41, 5.74) is 2.53. The number of benzene rings is 2. The summed E-state index contributed by atoms with van der Waals surface area (Å²) in [6.45, 7) is 4.35. The molecule has 214 valence electrons. The molecule has 0 spiro atoms. The molecule has 0 bridgehead atoms. The standard InChI is InChI=1S/C28H28ClFN6O4S/c1-3-25(37)34-41(39,40)24-16-32-36-26(33-23-9-4-17(2)14-22(23)29)21(15-31-27(24)36)28(38)35-12-10-19(11-13-35)18-5-7-20(30)8-6-18/h4-9,14-16,19,33H,3,10-13H2,1-2H3,(H,34,37). The van der Waals surface area contributed by atoms with Gasteiger partial charge in [-0.05, 0) is 61.1 Å². The van der Waals surface area contributed by atoms with Crippen LogP contribution in [0.4, 0.5) is 15.9 Å². The molecule has 4 aromatic rings. The van der Waals surface area contributed by atoms with Crippen molar-refractivity contribution in [3.8, 4) is 0 Å². The van der Waals surface area contributed by atoms with Gasteiger partial charge in [0, 0.05) is 25.7 Å². The molecule has 2 aromatic heterocycles. The van der Waals surface area contributed by atoms with Gasteiger partial charge in [-0.3, -0.25) is 9.59 Å². The van der Waals surface area contributed by atoms with Crippen molar-refractivity contribution in [2.24, 2.45) is 0 Å². The minimum atomic E-state index is -4.27. The Kier molecular flexibility index (Phi) is 7.96. The molecule has 2 N–H and O–H groups in total. The SMILES string of the molecule is CCC(=O)NS(=O)(=O)c1cnn2c(Nc3ccc(C)cc3Cl)c(C(=O)N3CCC(c4ccc(F)cc4)CC3)cnc12. The van der Waals surface area contributed by atoms with Gasteiger partial charge >= 0.3 is 0 Å². The minimum absolute atomic E-state index is 0.0267. The van der Waals surface area contributed by atoms with Crippen molar-refractivity contribution in [1.29, 1.82) is 0 Å². The fraction of sp³-hybridized carbons (Fsp3) is 0.286. The molecule has 3 heterocycles. The number of nitrogens with one attached hydrogen (secondary N) is 2. The molecule has 0 aliphatic carbocycles. The van der Waals surface area contributed by atoms with Crippen LogP contribution in [0.15, 0.2) is 59.8 Å². The van der Waals surface area contributed by atoms with E-state index in [9.17, 15) is 22.4 Å². The zero-order chi connectivity index (χ0) is 29.3. The zero-order valence-electron chi connectivity index (χ0n) is 22.4. The molecule has 0 radical (unpaired) electrons. The minimum Gasteiger partial charge on any atom is -0.338 e. The Balaban J connectivity index is 1.50. The lowest BCUT2D eigenvalue weighted by Gasteiger charge is -2.32. The monoisotopic (exact) mass is 598 g/mol. The van der Waals surface area contributed by atoms with Crippen LogP contribution in [0.25, 0.3) is 5.65 Å². The number of hydrogen-bond donors (Lipinski definition) is 2. The number of halogens is 2. The largest absolute Gasteiger partial charge is 0.338 e. The summed E-state index contributed by atoms with van der Waals surface area (Å²) >= 11 is 6.48. The van der Waals surface area contributed by atoms with Crippen molar-refractivity contribution in [1.82, 2.24) is 24.2 Å². The molecule has 0 atom stereocenters. The quantitative estimate of drug-likeness (QED) is 0.313. The molecule has 2 amide bonds. The number of rotatable bonds is 7. The molecule has 13 heteroatoms. The van der Waals surface area contributed by atoms with E-state index >= 15 is 0 Å². The Morgan fingerprint density at radius 1 is 1.10 bits per heavy atom. The maximum atomic E-state index is 13.8. The number of aromatic nitrogens is 3. The van der Waals surface area contributed by atoms with Crippen LogP contribution < -0.4 is 10.0 Å². The predicted octanol–water partition coefficient (Wildman–Crippen LogP) is 4.81. The molecular weight excluding hydrogens is 571 g/mol. The van der Waals surface area contributed by atoms with Crippen LogP contribution in [0.3, 0.4) is 0 Å². The number of nitrogens with zero attached hydrogens (tertiary/aromatic N) is 4. The van der Waals surface area contributed by atoms with E-state index in [0.717, 1.165) is 17.3 Å². The van der Waals surface area contributed by atoms with Gasteiger partial charge in [-0.15, -0.1) is 0 Å². The van der Waals surface area contributed by atoms with Gasteiger partial charge in [0.2, 0.25) is 5.91 Å². The van der Waals surface area contributed by atoms with E-state index in [0.29, 0.717) is 36.6 Å². The number of carbonyl (C=O) groups excluding carboxylic acids is 2. The number of piperidine rings is 1. The van der Waals surface area contributed by atoms with Crippen LogP contribution in [0.2, 0.25) is 5.02 Å². The van der Waals surface area contributed by atoms with Crippen molar-refractivity contribution < 1.29 is 22.4 Å². The van der Waals surface area contributed by atoms with Gasteiger partial charge in [0.25, 0.3) is 15.9 Å². The zero-order valence-corrected chi connectivity index (χ0v) is 24.0. The average molecular weight is 599 g/mol. The number of aryl methyl sites for hydroxylation is 1. The highest BCUT2D eigenvalue weighted by atomic mass is 35.5. The normalized spacial score (nSPS) is 14.3. The van der Waals surface area contributed by atoms with Crippen LogP contribution in [0.1, 0.15) is 53.6 Å². The molecule has 0 unspecified atom stereocenters. The first-order valence-corrected chi connectivity index (χ1v) is 14.9. The van der Waals surface area contributed by atoms with Gasteiger partial charge in [-0.1, -0.05) is 36.7 Å². The van der Waals surface area contributed by atoms with E-state index in [1.165, 1.54) is 29.8 Å². The number of amides is 2. The summed E-state index contributed by atoms with van der Waals surface area (Å²) in [4.78, 5) is 31.3. The van der Waals surface area contributed by atoms with Crippen molar-refractivity contribution in [2.45, 2.75) is 43.9 Å². The fourth-order valence-corrected chi connectivity index (χ4v) is 6.23. The van der Waals surface area contributed by atoms with E-state index < -0.39 is 15.9 Å². The first-order valence-electron chi connectivity index (χ1n) is 13.1. The molecule has 2 aromatic carbocycles. The maximum absolute atomic E-state index is 13.8. The Labute approximate surface area is 241 Å². The second-order valence-electron chi connectivity index (χ2n) is 9.87. The molecule has 1 aliphatic heterocycles. The van der Waals surface area contributed by atoms with Gasteiger partial charge in [0.1, 0.15) is 17.2 Å². The number of anilines is 2. The molecule has 1 aliphatic rings. The lowest BCUT2D eigenvalue weighted by atomic mass is 9.89. The Morgan fingerprint density at radius 2 is 1.80 bits per heavy atom. The number of fused-ring (bicyclic) bond motifs is 1. The number of likely N-dealkylation sites (tertiary alicyclic amines) is 1. The van der Waals surface area contributed by atoms with Crippen LogP contribution in [-0.4, -0.2) is 52.8 Å². The molecule has 1 saturated heterocycles. The third kappa shape index (κ3) is 5.89. The number of hydrogen-bond acceptors (Lipinski definition) is 7. The molecule has 5 rings (SSSR count). The highest BCUT2D eigenvalue weighted by Gasteiger charge is 2.30. The van der Waals surface area contributed by atoms with Crippen LogP contribution in [0, 0.1) is 12.7 Å². The van der Waals surface area contributed by atoms with Crippen molar-refractivity contribution in [2.75, 3.05) is 18.4 Å². The molecular formula is C28H28ClFN6O4S.